The summed E-state index contributed by atoms with van der Waals surface area (Å²) in [6.07, 6.45) is 1.73. The Balaban J connectivity index is 2.25. The molecule has 0 saturated carbocycles. The highest BCUT2D eigenvalue weighted by Crippen LogP contribution is 2.18. The molecule has 2 rings (SSSR count). The standard InChI is InChI=1S/C13H14FN3O2/c1-17-6-5-12(16-17)19-8-11-9(7-14)3-2-4-10(11)13(15)18/h2-6H,7-8H2,1H3,(H2,15,18). The van der Waals surface area contributed by atoms with Crippen LogP contribution in [0.25, 0.3) is 0 Å². The lowest BCUT2D eigenvalue weighted by Crippen LogP contribution is -2.16. The molecule has 5 nitrogen and oxygen atoms in total. The Morgan fingerprint density at radius 2 is 2.26 bits per heavy atom. The van der Waals surface area contributed by atoms with Gasteiger partial charge in [-0.15, -0.1) is 5.10 Å². The van der Waals surface area contributed by atoms with E-state index in [1.807, 2.05) is 0 Å². The zero-order valence-corrected chi connectivity index (χ0v) is 10.5. The van der Waals surface area contributed by atoms with Crippen LogP contribution in [0.1, 0.15) is 21.5 Å². The fourth-order valence-corrected chi connectivity index (χ4v) is 1.78. The topological polar surface area (TPSA) is 70.1 Å². The number of ether oxygens (including phenoxy) is 1. The second-order valence-corrected chi connectivity index (χ2v) is 4.06. The van der Waals surface area contributed by atoms with Gasteiger partial charge in [-0.05, 0) is 11.6 Å². The molecule has 0 spiro atoms. The number of aromatic nitrogens is 2. The lowest BCUT2D eigenvalue weighted by atomic mass is 10.0. The number of amides is 1. The molecule has 100 valence electrons. The second kappa shape index (κ2) is 5.51. The van der Waals surface area contributed by atoms with E-state index in [0.717, 1.165) is 0 Å². The molecule has 1 amide bonds. The molecule has 0 atom stereocenters. The maximum atomic E-state index is 12.9. The Morgan fingerprint density at radius 1 is 1.47 bits per heavy atom. The van der Waals surface area contributed by atoms with Crippen molar-refractivity contribution < 1.29 is 13.9 Å². The van der Waals surface area contributed by atoms with Crippen molar-refractivity contribution in [3.8, 4) is 5.88 Å². The molecule has 19 heavy (non-hydrogen) atoms. The first-order valence-electron chi connectivity index (χ1n) is 5.71. The van der Waals surface area contributed by atoms with E-state index in [-0.39, 0.29) is 12.2 Å². The average molecular weight is 263 g/mol. The van der Waals surface area contributed by atoms with Crippen LogP contribution in [0.5, 0.6) is 5.88 Å². The van der Waals surface area contributed by atoms with Crippen LogP contribution in [0.3, 0.4) is 0 Å². The molecule has 1 heterocycles. The van der Waals surface area contributed by atoms with E-state index >= 15 is 0 Å². The zero-order valence-electron chi connectivity index (χ0n) is 10.5. The number of carbonyl (C=O) groups is 1. The van der Waals surface area contributed by atoms with Crippen LogP contribution in [0, 0.1) is 0 Å². The summed E-state index contributed by atoms with van der Waals surface area (Å²) >= 11 is 0. The number of nitrogens with two attached hydrogens (primary N) is 1. The number of halogens is 1. The van der Waals surface area contributed by atoms with Gasteiger partial charge in [-0.25, -0.2) is 4.39 Å². The molecule has 0 aliphatic heterocycles. The largest absolute Gasteiger partial charge is 0.472 e. The van der Waals surface area contributed by atoms with Crippen molar-refractivity contribution in [1.29, 1.82) is 0 Å². The van der Waals surface area contributed by atoms with Crippen molar-refractivity contribution in [2.45, 2.75) is 13.3 Å². The maximum Gasteiger partial charge on any atom is 0.249 e. The van der Waals surface area contributed by atoms with Gasteiger partial charge in [0.2, 0.25) is 11.8 Å². The van der Waals surface area contributed by atoms with Gasteiger partial charge in [0.05, 0.1) is 0 Å². The predicted octanol–water partition coefficient (Wildman–Crippen LogP) is 1.57. The molecule has 0 aliphatic rings. The van der Waals surface area contributed by atoms with E-state index in [9.17, 15) is 9.18 Å². The summed E-state index contributed by atoms with van der Waals surface area (Å²) in [6, 6.07) is 6.43. The molecule has 1 aromatic carbocycles. The highest BCUT2D eigenvalue weighted by molar-refractivity contribution is 5.94. The Hall–Kier alpha value is -2.37. The number of nitrogens with zero attached hydrogens (tertiary/aromatic N) is 2. The van der Waals surface area contributed by atoms with Crippen LogP contribution in [-0.4, -0.2) is 15.7 Å². The quantitative estimate of drug-likeness (QED) is 0.890. The van der Waals surface area contributed by atoms with Crippen molar-refractivity contribution in [2.24, 2.45) is 12.8 Å². The van der Waals surface area contributed by atoms with Crippen molar-refractivity contribution >= 4 is 5.91 Å². The fourth-order valence-electron chi connectivity index (χ4n) is 1.78. The molecule has 1 aromatic heterocycles. The van der Waals surface area contributed by atoms with E-state index in [1.165, 1.54) is 0 Å². The van der Waals surface area contributed by atoms with Gasteiger partial charge >= 0.3 is 0 Å². The smallest absolute Gasteiger partial charge is 0.249 e. The monoisotopic (exact) mass is 263 g/mol. The predicted molar refractivity (Wildman–Crippen MR) is 67.3 cm³/mol. The van der Waals surface area contributed by atoms with Crippen molar-refractivity contribution in [3.05, 3.63) is 47.2 Å². The van der Waals surface area contributed by atoms with E-state index in [1.54, 1.807) is 42.2 Å². The van der Waals surface area contributed by atoms with Crippen LogP contribution in [0.2, 0.25) is 0 Å². The number of hydrogen-bond acceptors (Lipinski definition) is 3. The Labute approximate surface area is 109 Å². The molecule has 6 heteroatoms. The number of carbonyl (C=O) groups excluding carboxylic acids is 1. The summed E-state index contributed by atoms with van der Waals surface area (Å²) in [5, 5.41) is 4.04. The van der Waals surface area contributed by atoms with Crippen molar-refractivity contribution in [1.82, 2.24) is 9.78 Å². The molecule has 0 saturated heterocycles. The summed E-state index contributed by atoms with van der Waals surface area (Å²) in [5.74, 6) is -0.193. The molecule has 2 N–H and O–H groups in total. The average Bonchev–Trinajstić information content (AvgIpc) is 2.81. The van der Waals surface area contributed by atoms with Crippen LogP contribution >= 0.6 is 0 Å². The summed E-state index contributed by atoms with van der Waals surface area (Å²) in [6.45, 7) is -0.628. The number of aryl methyl sites for hydroxylation is 1. The second-order valence-electron chi connectivity index (χ2n) is 4.06. The summed E-state index contributed by atoms with van der Waals surface area (Å²) < 4.78 is 20.0. The lowest BCUT2D eigenvalue weighted by molar-refractivity contribution is 0.0997. The van der Waals surface area contributed by atoms with Gasteiger partial charge in [0.1, 0.15) is 13.3 Å². The van der Waals surface area contributed by atoms with Gasteiger partial charge in [0, 0.05) is 30.4 Å². The van der Waals surface area contributed by atoms with Gasteiger partial charge in [-0.2, -0.15) is 0 Å². The molecular weight excluding hydrogens is 249 g/mol. The molecule has 0 aliphatic carbocycles. The highest BCUT2D eigenvalue weighted by Gasteiger charge is 2.13. The third-order valence-corrected chi connectivity index (χ3v) is 2.74. The minimum absolute atomic E-state index is 0.0510. The van der Waals surface area contributed by atoms with E-state index in [0.29, 0.717) is 17.0 Å². The third-order valence-electron chi connectivity index (χ3n) is 2.74. The van der Waals surface area contributed by atoms with E-state index in [4.69, 9.17) is 10.5 Å². The first kappa shape index (κ1) is 13.1. The Bertz CT molecular complexity index is 595. The van der Waals surface area contributed by atoms with E-state index < -0.39 is 12.6 Å². The Kier molecular flexibility index (Phi) is 3.79. The van der Waals surface area contributed by atoms with Gasteiger partial charge in [-0.3, -0.25) is 9.48 Å². The molecular formula is C13H14FN3O2. The number of primary amides is 1. The van der Waals surface area contributed by atoms with E-state index in [2.05, 4.69) is 5.10 Å². The molecule has 0 unspecified atom stereocenters. The fraction of sp³-hybridized carbons (Fsp3) is 0.231. The normalized spacial score (nSPS) is 10.4. The lowest BCUT2D eigenvalue weighted by Gasteiger charge is -2.11. The highest BCUT2D eigenvalue weighted by atomic mass is 19.1. The third kappa shape index (κ3) is 2.90. The number of benzene rings is 1. The SMILES string of the molecule is Cn1ccc(OCc2c(CF)cccc2C(N)=O)n1. The minimum Gasteiger partial charge on any atom is -0.472 e. The molecule has 0 radical (unpaired) electrons. The van der Waals surface area contributed by atoms with Gasteiger partial charge in [0.15, 0.2) is 0 Å². The van der Waals surface area contributed by atoms with Crippen molar-refractivity contribution in [3.63, 3.8) is 0 Å². The number of alkyl halides is 1. The molecule has 0 bridgehead atoms. The zero-order chi connectivity index (χ0) is 13.8. The maximum absolute atomic E-state index is 12.9. The summed E-state index contributed by atoms with van der Waals surface area (Å²) in [4.78, 5) is 11.3. The minimum atomic E-state index is -0.679. The van der Waals surface area contributed by atoms with Gasteiger partial charge < -0.3 is 10.5 Å². The van der Waals surface area contributed by atoms with Crippen LogP contribution in [0.4, 0.5) is 4.39 Å². The summed E-state index contributed by atoms with van der Waals surface area (Å²) in [5.41, 5.74) is 6.40. The van der Waals surface area contributed by atoms with Gasteiger partial charge in [-0.1, -0.05) is 12.1 Å². The number of rotatable bonds is 5. The van der Waals surface area contributed by atoms with Crippen molar-refractivity contribution in [2.75, 3.05) is 0 Å². The van der Waals surface area contributed by atoms with Crippen LogP contribution < -0.4 is 10.5 Å². The molecule has 2 aromatic rings. The van der Waals surface area contributed by atoms with Crippen LogP contribution in [0.15, 0.2) is 30.5 Å². The first-order valence-corrected chi connectivity index (χ1v) is 5.71. The first-order chi connectivity index (χ1) is 9.11. The summed E-state index contributed by atoms with van der Waals surface area (Å²) in [7, 11) is 1.76. The van der Waals surface area contributed by atoms with Gasteiger partial charge in [0.25, 0.3) is 0 Å². The Morgan fingerprint density at radius 3 is 2.84 bits per heavy atom. The van der Waals surface area contributed by atoms with Crippen LogP contribution in [-0.2, 0) is 20.3 Å². The number of hydrogen-bond donors (Lipinski definition) is 1. The molecule has 0 fully saturated rings.